The van der Waals surface area contributed by atoms with Crippen LogP contribution in [0.15, 0.2) is 4.99 Å². The topological polar surface area (TPSA) is 45.7 Å². The van der Waals surface area contributed by atoms with Crippen molar-refractivity contribution in [3.05, 3.63) is 0 Å². The molecule has 4 nitrogen and oxygen atoms in total. The summed E-state index contributed by atoms with van der Waals surface area (Å²) < 4.78 is 5.98. The van der Waals surface area contributed by atoms with Crippen molar-refractivity contribution in [3.63, 3.8) is 0 Å². The molecule has 0 bridgehead atoms. The summed E-state index contributed by atoms with van der Waals surface area (Å²) >= 11 is 0. The minimum atomic E-state index is 0.356. The summed E-state index contributed by atoms with van der Waals surface area (Å²) in [7, 11) is 1.80. The molecule has 3 atom stereocenters. The van der Waals surface area contributed by atoms with E-state index in [4.69, 9.17) is 11.2 Å². The number of rotatable bonds is 2. The monoisotopic (exact) mass is 261 g/mol. The lowest BCUT2D eigenvalue weighted by Gasteiger charge is -2.57. The largest absolute Gasteiger partial charge is 0.377 e. The molecular weight excluding hydrogens is 238 g/mol. The number of nitrogens with zero attached hydrogens (tertiary/aromatic N) is 1. The molecule has 3 rings (SSSR count). The van der Waals surface area contributed by atoms with Gasteiger partial charge in [0, 0.05) is 31.0 Å². The normalized spacial score (nSPS) is 35.6. The van der Waals surface area contributed by atoms with E-state index < -0.39 is 0 Å². The van der Waals surface area contributed by atoms with Gasteiger partial charge in [-0.2, -0.15) is 0 Å². The van der Waals surface area contributed by atoms with Gasteiger partial charge in [-0.3, -0.25) is 4.99 Å². The van der Waals surface area contributed by atoms with Gasteiger partial charge in [0.2, 0.25) is 0 Å². The van der Waals surface area contributed by atoms with Crippen LogP contribution in [0.2, 0.25) is 0 Å². The number of ether oxygens (including phenoxy) is 1. The highest BCUT2D eigenvalue weighted by Gasteiger charge is 2.65. The first-order valence-electron chi connectivity index (χ1n) is 7.34. The average molecular weight is 261 g/mol. The molecule has 104 valence electrons. The number of hydrogen-bond acceptors (Lipinski definition) is 2. The minimum absolute atomic E-state index is 0.356. The van der Waals surface area contributed by atoms with Crippen LogP contribution in [0.5, 0.6) is 0 Å². The van der Waals surface area contributed by atoms with Crippen molar-refractivity contribution in [1.82, 2.24) is 10.6 Å². The van der Waals surface area contributed by atoms with Gasteiger partial charge in [-0.15, -0.1) is 6.42 Å². The number of guanidine groups is 1. The van der Waals surface area contributed by atoms with Crippen LogP contribution in [0.25, 0.3) is 0 Å². The van der Waals surface area contributed by atoms with E-state index >= 15 is 0 Å². The summed E-state index contributed by atoms with van der Waals surface area (Å²) in [6, 6.07) is 0.506. The third kappa shape index (κ3) is 1.92. The Hall–Kier alpha value is -1.21. The maximum Gasteiger partial charge on any atom is 0.191 e. The van der Waals surface area contributed by atoms with E-state index in [2.05, 4.69) is 21.5 Å². The Bertz CT molecular complexity index is 406. The molecule has 3 unspecified atom stereocenters. The van der Waals surface area contributed by atoms with Crippen molar-refractivity contribution < 1.29 is 4.74 Å². The molecule has 1 aliphatic heterocycles. The Labute approximate surface area is 115 Å². The lowest BCUT2D eigenvalue weighted by molar-refractivity contribution is -0.125. The highest BCUT2D eigenvalue weighted by atomic mass is 16.5. The van der Waals surface area contributed by atoms with Crippen molar-refractivity contribution in [2.24, 2.45) is 16.3 Å². The molecule has 2 aliphatic carbocycles. The summed E-state index contributed by atoms with van der Waals surface area (Å²) in [5, 5.41) is 6.77. The van der Waals surface area contributed by atoms with Gasteiger partial charge in [0.05, 0.1) is 12.6 Å². The molecule has 2 saturated carbocycles. The van der Waals surface area contributed by atoms with Crippen LogP contribution in [0.4, 0.5) is 0 Å². The van der Waals surface area contributed by atoms with E-state index in [1.54, 1.807) is 7.05 Å². The number of fused-ring (bicyclic) bond motifs is 2. The Morgan fingerprint density at radius 3 is 2.95 bits per heavy atom. The maximum absolute atomic E-state index is 5.98. The second kappa shape index (κ2) is 5.05. The Kier molecular flexibility index (Phi) is 3.40. The van der Waals surface area contributed by atoms with E-state index in [0.717, 1.165) is 12.6 Å². The third-order valence-corrected chi connectivity index (χ3v) is 5.16. The summed E-state index contributed by atoms with van der Waals surface area (Å²) in [6.07, 6.45) is 12.2. The molecule has 3 aliphatic rings. The van der Waals surface area contributed by atoms with Gasteiger partial charge in [0.15, 0.2) is 5.96 Å². The Balaban J connectivity index is 1.70. The fourth-order valence-corrected chi connectivity index (χ4v) is 4.38. The molecule has 0 amide bonds. The molecule has 0 radical (unpaired) electrons. The zero-order valence-electron chi connectivity index (χ0n) is 11.6. The van der Waals surface area contributed by atoms with Gasteiger partial charge < -0.3 is 15.4 Å². The standard InChI is InChI=1S/C15H23N3O/c1-3-9-17-14(16-2)18-12-11-6-10-19-13(11)15(12)7-4-5-8-15/h1,11-13H,4-10H2,2H3,(H2,16,17,18). The number of aliphatic imine (C=N–C) groups is 1. The second-order valence-electron chi connectivity index (χ2n) is 5.94. The van der Waals surface area contributed by atoms with Crippen molar-refractivity contribution in [1.29, 1.82) is 0 Å². The molecule has 2 N–H and O–H groups in total. The van der Waals surface area contributed by atoms with E-state index in [9.17, 15) is 0 Å². The first-order valence-corrected chi connectivity index (χ1v) is 7.34. The minimum Gasteiger partial charge on any atom is -0.377 e. The van der Waals surface area contributed by atoms with Crippen LogP contribution in [0.1, 0.15) is 32.1 Å². The molecule has 19 heavy (non-hydrogen) atoms. The fraction of sp³-hybridized carbons (Fsp3) is 0.800. The average Bonchev–Trinajstić information content (AvgIpc) is 3.07. The molecular formula is C15H23N3O. The van der Waals surface area contributed by atoms with Crippen LogP contribution >= 0.6 is 0 Å². The quantitative estimate of drug-likeness (QED) is 0.445. The summed E-state index contributed by atoms with van der Waals surface area (Å²) in [6.45, 7) is 1.44. The van der Waals surface area contributed by atoms with Crippen molar-refractivity contribution in [2.75, 3.05) is 20.2 Å². The van der Waals surface area contributed by atoms with Crippen molar-refractivity contribution in [2.45, 2.75) is 44.2 Å². The van der Waals surface area contributed by atoms with E-state index in [0.29, 0.717) is 30.0 Å². The highest BCUT2D eigenvalue weighted by molar-refractivity contribution is 5.80. The summed E-state index contributed by atoms with van der Waals surface area (Å²) in [4.78, 5) is 4.27. The number of terminal acetylenes is 1. The lowest BCUT2D eigenvalue weighted by atomic mass is 9.54. The van der Waals surface area contributed by atoms with Gasteiger partial charge in [-0.25, -0.2) is 0 Å². The zero-order valence-corrected chi connectivity index (χ0v) is 11.6. The molecule has 3 fully saturated rings. The first kappa shape index (κ1) is 12.8. The summed E-state index contributed by atoms with van der Waals surface area (Å²) in [5.41, 5.74) is 0.356. The predicted octanol–water partition coefficient (Wildman–Crippen LogP) is 1.13. The van der Waals surface area contributed by atoms with Gasteiger partial charge in [-0.1, -0.05) is 18.8 Å². The van der Waals surface area contributed by atoms with Gasteiger partial charge in [0.25, 0.3) is 0 Å². The van der Waals surface area contributed by atoms with Crippen LogP contribution in [-0.4, -0.2) is 38.3 Å². The van der Waals surface area contributed by atoms with E-state index in [1.165, 1.54) is 32.1 Å². The number of hydrogen-bond donors (Lipinski definition) is 2. The van der Waals surface area contributed by atoms with E-state index in [1.807, 2.05) is 0 Å². The Morgan fingerprint density at radius 1 is 1.47 bits per heavy atom. The van der Waals surface area contributed by atoms with Crippen LogP contribution in [0, 0.1) is 23.7 Å². The maximum atomic E-state index is 5.98. The van der Waals surface area contributed by atoms with Crippen LogP contribution < -0.4 is 10.6 Å². The number of nitrogens with one attached hydrogen (secondary N) is 2. The zero-order chi connectivity index (χ0) is 13.3. The summed E-state index contributed by atoms with van der Waals surface area (Å²) in [5.74, 6) is 4.08. The SMILES string of the molecule is C#CCNC(=NC)NC1C2CCOC2C12CCCC2. The Morgan fingerprint density at radius 2 is 2.26 bits per heavy atom. The van der Waals surface area contributed by atoms with E-state index in [-0.39, 0.29) is 0 Å². The molecule has 1 saturated heterocycles. The molecule has 0 aromatic carbocycles. The van der Waals surface area contributed by atoms with Crippen molar-refractivity contribution in [3.8, 4) is 12.3 Å². The third-order valence-electron chi connectivity index (χ3n) is 5.16. The van der Waals surface area contributed by atoms with Crippen LogP contribution in [0.3, 0.4) is 0 Å². The lowest BCUT2D eigenvalue weighted by Crippen LogP contribution is -2.69. The first-order chi connectivity index (χ1) is 9.31. The molecule has 1 heterocycles. The molecule has 0 aromatic rings. The van der Waals surface area contributed by atoms with Gasteiger partial charge in [0.1, 0.15) is 0 Å². The van der Waals surface area contributed by atoms with Gasteiger partial charge in [-0.05, 0) is 19.3 Å². The predicted molar refractivity (Wildman–Crippen MR) is 75.9 cm³/mol. The fourth-order valence-electron chi connectivity index (χ4n) is 4.38. The van der Waals surface area contributed by atoms with Crippen LogP contribution in [-0.2, 0) is 4.74 Å². The molecule has 0 aromatic heterocycles. The highest BCUT2D eigenvalue weighted by Crippen LogP contribution is 2.60. The smallest absolute Gasteiger partial charge is 0.191 e. The second-order valence-corrected chi connectivity index (χ2v) is 5.94. The van der Waals surface area contributed by atoms with Gasteiger partial charge >= 0.3 is 0 Å². The van der Waals surface area contributed by atoms with Crippen molar-refractivity contribution >= 4 is 5.96 Å². The molecule has 1 spiro atoms. The molecule has 4 heteroatoms.